The van der Waals surface area contributed by atoms with Crippen LogP contribution in [-0.4, -0.2) is 6.03 Å². The summed E-state index contributed by atoms with van der Waals surface area (Å²) >= 11 is 0. The van der Waals surface area contributed by atoms with E-state index in [9.17, 15) is 4.79 Å². The summed E-state index contributed by atoms with van der Waals surface area (Å²) in [6.45, 7) is 0. The molecule has 2 aromatic heterocycles. The number of aromatic nitrogens is 2. The third-order valence-electron chi connectivity index (χ3n) is 2.47. The zero-order valence-electron chi connectivity index (χ0n) is 10.4. The highest BCUT2D eigenvalue weighted by Crippen LogP contribution is 2.06. The molecule has 0 aromatic carbocycles. The van der Waals surface area contributed by atoms with Gasteiger partial charge in [-0.05, 0) is 0 Å². The Kier molecular flexibility index (Phi) is 3.52. The van der Waals surface area contributed by atoms with Gasteiger partial charge in [-0.1, -0.05) is 0 Å². The minimum absolute atomic E-state index is 0.252. The number of hydrogen-bond acceptors (Lipinski definition) is 1. The summed E-state index contributed by atoms with van der Waals surface area (Å²) in [6, 6.07) is 7.10. The molecule has 0 saturated carbocycles. The molecular weight excluding hydrogens is 228 g/mol. The van der Waals surface area contributed by atoms with Crippen LogP contribution in [0.4, 0.5) is 16.2 Å². The molecule has 2 heterocycles. The second-order valence-electron chi connectivity index (χ2n) is 4.08. The molecule has 2 aromatic rings. The van der Waals surface area contributed by atoms with Gasteiger partial charge in [-0.25, -0.2) is 13.9 Å². The predicted molar refractivity (Wildman–Crippen MR) is 67.9 cm³/mol. The molecule has 2 N–H and O–H groups in total. The monoisotopic (exact) mass is 244 g/mol. The van der Waals surface area contributed by atoms with Crippen LogP contribution in [0.25, 0.3) is 0 Å². The van der Waals surface area contributed by atoms with Crippen molar-refractivity contribution in [3.8, 4) is 0 Å². The quantitative estimate of drug-likeness (QED) is 0.760. The highest BCUT2D eigenvalue weighted by atomic mass is 16.2. The lowest BCUT2D eigenvalue weighted by Gasteiger charge is -2.05. The zero-order chi connectivity index (χ0) is 13.0. The third-order valence-corrected chi connectivity index (χ3v) is 2.47. The van der Waals surface area contributed by atoms with E-state index in [2.05, 4.69) is 10.6 Å². The molecule has 5 nitrogen and oxygen atoms in total. The molecule has 0 aliphatic rings. The lowest BCUT2D eigenvalue weighted by molar-refractivity contribution is -0.671. The van der Waals surface area contributed by atoms with Crippen LogP contribution in [0.3, 0.4) is 0 Å². The Hall–Kier alpha value is -2.43. The number of urea groups is 1. The van der Waals surface area contributed by atoms with Crippen LogP contribution in [0.2, 0.25) is 0 Å². The molecule has 0 atom stereocenters. The zero-order valence-corrected chi connectivity index (χ0v) is 10.4. The SMILES string of the molecule is C[n+]1ccc(NC(=O)Nc2cc[n+](C)cc2)cc1. The maximum absolute atomic E-state index is 11.7. The van der Waals surface area contributed by atoms with Crippen molar-refractivity contribution in [1.82, 2.24) is 0 Å². The van der Waals surface area contributed by atoms with E-state index in [1.54, 1.807) is 0 Å². The van der Waals surface area contributed by atoms with Crippen LogP contribution in [0.15, 0.2) is 49.1 Å². The summed E-state index contributed by atoms with van der Waals surface area (Å²) in [5.74, 6) is 0. The third kappa shape index (κ3) is 3.28. The molecule has 0 saturated heterocycles. The fourth-order valence-corrected chi connectivity index (χ4v) is 1.46. The molecule has 0 unspecified atom stereocenters. The molecule has 0 aliphatic carbocycles. The second-order valence-corrected chi connectivity index (χ2v) is 4.08. The second kappa shape index (κ2) is 5.27. The van der Waals surface area contributed by atoms with E-state index in [-0.39, 0.29) is 6.03 Å². The number of nitrogens with zero attached hydrogens (tertiary/aromatic N) is 2. The maximum atomic E-state index is 11.7. The summed E-state index contributed by atoms with van der Waals surface area (Å²) in [4.78, 5) is 11.7. The van der Waals surface area contributed by atoms with Gasteiger partial charge in [-0.2, -0.15) is 0 Å². The van der Waals surface area contributed by atoms with Crippen molar-refractivity contribution in [3.63, 3.8) is 0 Å². The molecule has 0 radical (unpaired) electrons. The van der Waals surface area contributed by atoms with E-state index in [1.807, 2.05) is 72.3 Å². The number of amides is 2. The van der Waals surface area contributed by atoms with E-state index in [0.29, 0.717) is 0 Å². The van der Waals surface area contributed by atoms with Crippen LogP contribution >= 0.6 is 0 Å². The highest BCUT2D eigenvalue weighted by Gasteiger charge is 2.04. The van der Waals surface area contributed by atoms with Gasteiger partial charge in [0.25, 0.3) is 0 Å². The molecular formula is C13H16N4O+2. The minimum atomic E-state index is -0.252. The summed E-state index contributed by atoms with van der Waals surface area (Å²) in [5.41, 5.74) is 1.51. The van der Waals surface area contributed by atoms with E-state index in [1.165, 1.54) is 0 Å². The number of carbonyl (C=O) groups is 1. The molecule has 0 bridgehead atoms. The van der Waals surface area contributed by atoms with E-state index < -0.39 is 0 Å². The van der Waals surface area contributed by atoms with E-state index in [4.69, 9.17) is 0 Å². The number of nitrogens with one attached hydrogen (secondary N) is 2. The van der Waals surface area contributed by atoms with Gasteiger partial charge in [-0.3, -0.25) is 0 Å². The Morgan fingerprint density at radius 1 is 0.833 bits per heavy atom. The number of carbonyl (C=O) groups excluding carboxylic acids is 1. The number of anilines is 2. The van der Waals surface area contributed by atoms with Crippen LogP contribution in [0, 0.1) is 0 Å². The van der Waals surface area contributed by atoms with E-state index in [0.717, 1.165) is 11.4 Å². The lowest BCUT2D eigenvalue weighted by atomic mass is 10.4. The summed E-state index contributed by atoms with van der Waals surface area (Å²) < 4.78 is 3.81. The van der Waals surface area contributed by atoms with Crippen molar-refractivity contribution in [2.45, 2.75) is 0 Å². The van der Waals surface area contributed by atoms with Crippen LogP contribution in [0.1, 0.15) is 0 Å². The molecule has 2 rings (SSSR count). The Morgan fingerprint density at radius 2 is 1.17 bits per heavy atom. The Bertz CT molecular complexity index is 484. The van der Waals surface area contributed by atoms with Crippen molar-refractivity contribution >= 4 is 17.4 Å². The Labute approximate surface area is 106 Å². The van der Waals surface area contributed by atoms with Gasteiger partial charge in [0.2, 0.25) is 0 Å². The van der Waals surface area contributed by atoms with E-state index >= 15 is 0 Å². The smallest absolute Gasteiger partial charge is 0.307 e. The van der Waals surface area contributed by atoms with Gasteiger partial charge in [-0.15, -0.1) is 0 Å². The van der Waals surface area contributed by atoms with Gasteiger partial charge >= 0.3 is 6.03 Å². The number of hydrogen-bond donors (Lipinski definition) is 2. The standard InChI is InChI=1S/C13H14N4O/c1-16-7-3-11(4-8-16)14-13(18)15-12-5-9-17(2)10-6-12/h3-10H,1-2H3/p+2. The average molecular weight is 244 g/mol. The fraction of sp³-hybridized carbons (Fsp3) is 0.154. The van der Waals surface area contributed by atoms with Crippen molar-refractivity contribution in [2.75, 3.05) is 10.6 Å². The first-order chi connectivity index (χ1) is 8.63. The molecule has 5 heteroatoms. The molecule has 0 spiro atoms. The molecule has 92 valence electrons. The average Bonchev–Trinajstić information content (AvgIpc) is 2.35. The topological polar surface area (TPSA) is 48.9 Å². The first-order valence-electron chi connectivity index (χ1n) is 5.62. The van der Waals surface area contributed by atoms with Crippen molar-refractivity contribution in [1.29, 1.82) is 0 Å². The molecule has 18 heavy (non-hydrogen) atoms. The molecule has 2 amide bonds. The van der Waals surface area contributed by atoms with Gasteiger partial charge < -0.3 is 10.6 Å². The van der Waals surface area contributed by atoms with Crippen molar-refractivity contribution in [3.05, 3.63) is 49.1 Å². The van der Waals surface area contributed by atoms with Gasteiger partial charge in [0.1, 0.15) is 14.1 Å². The van der Waals surface area contributed by atoms with Crippen LogP contribution < -0.4 is 19.8 Å². The number of pyridine rings is 2. The first kappa shape index (κ1) is 12.0. The normalized spacial score (nSPS) is 9.89. The predicted octanol–water partition coefficient (Wildman–Crippen LogP) is 0.980. The Balaban J connectivity index is 1.96. The molecule has 0 aliphatic heterocycles. The Morgan fingerprint density at radius 3 is 1.50 bits per heavy atom. The van der Waals surface area contributed by atoms with Gasteiger partial charge in [0.15, 0.2) is 24.8 Å². The lowest BCUT2D eigenvalue weighted by Crippen LogP contribution is -2.28. The summed E-state index contributed by atoms with van der Waals surface area (Å²) in [5, 5.41) is 5.52. The minimum Gasteiger partial charge on any atom is -0.307 e. The first-order valence-corrected chi connectivity index (χ1v) is 5.62. The largest absolute Gasteiger partial charge is 0.323 e. The molecule has 0 fully saturated rings. The summed E-state index contributed by atoms with van der Waals surface area (Å²) in [6.07, 6.45) is 7.49. The number of rotatable bonds is 2. The van der Waals surface area contributed by atoms with Gasteiger partial charge in [0.05, 0.1) is 11.4 Å². The number of aryl methyl sites for hydroxylation is 2. The summed E-state index contributed by atoms with van der Waals surface area (Å²) in [7, 11) is 3.85. The van der Waals surface area contributed by atoms with Crippen LogP contribution in [-0.2, 0) is 14.1 Å². The van der Waals surface area contributed by atoms with Crippen molar-refractivity contribution < 1.29 is 13.9 Å². The van der Waals surface area contributed by atoms with Crippen molar-refractivity contribution in [2.24, 2.45) is 14.1 Å². The van der Waals surface area contributed by atoms with Crippen LogP contribution in [0.5, 0.6) is 0 Å². The van der Waals surface area contributed by atoms with Gasteiger partial charge in [0, 0.05) is 24.3 Å². The fourth-order valence-electron chi connectivity index (χ4n) is 1.46. The maximum Gasteiger partial charge on any atom is 0.323 e. The highest BCUT2D eigenvalue weighted by molar-refractivity contribution is 5.99.